The Kier molecular flexibility index (Phi) is 5.67. The van der Waals surface area contributed by atoms with Crippen LogP contribution >= 0.6 is 11.3 Å². The summed E-state index contributed by atoms with van der Waals surface area (Å²) < 4.78 is 1.14. The molecule has 29 heavy (non-hydrogen) atoms. The fourth-order valence-corrected chi connectivity index (χ4v) is 4.44. The van der Waals surface area contributed by atoms with Gasteiger partial charge in [-0.05, 0) is 49.1 Å². The van der Waals surface area contributed by atoms with E-state index in [4.69, 9.17) is 4.98 Å². The number of benzene rings is 2. The van der Waals surface area contributed by atoms with Crippen LogP contribution in [-0.2, 0) is 17.8 Å². The number of aromatic nitrogens is 2. The molecule has 2 heterocycles. The van der Waals surface area contributed by atoms with Gasteiger partial charge in [0.2, 0.25) is 5.91 Å². The molecule has 2 aromatic heterocycles. The smallest absolute Gasteiger partial charge is 0.229 e. The summed E-state index contributed by atoms with van der Waals surface area (Å²) >= 11 is 1.58. The Morgan fingerprint density at radius 2 is 1.72 bits per heavy atom. The van der Waals surface area contributed by atoms with Gasteiger partial charge in [0.15, 0.2) is 5.13 Å². The maximum Gasteiger partial charge on any atom is 0.229 e. The van der Waals surface area contributed by atoms with Crippen molar-refractivity contribution in [1.29, 1.82) is 0 Å². The number of fused-ring (bicyclic) bond motifs is 1. The third-order valence-electron chi connectivity index (χ3n) is 4.98. The largest absolute Gasteiger partial charge is 0.282 e. The minimum absolute atomic E-state index is 0.0638. The molecule has 0 fully saturated rings. The van der Waals surface area contributed by atoms with Gasteiger partial charge in [-0.2, -0.15) is 0 Å². The van der Waals surface area contributed by atoms with Crippen LogP contribution in [0.1, 0.15) is 28.8 Å². The van der Waals surface area contributed by atoms with Crippen LogP contribution in [0.25, 0.3) is 10.2 Å². The number of thiazole rings is 1. The summed E-state index contributed by atoms with van der Waals surface area (Å²) in [7, 11) is 0. The van der Waals surface area contributed by atoms with Crippen molar-refractivity contribution in [3.63, 3.8) is 0 Å². The lowest BCUT2D eigenvalue weighted by Gasteiger charge is -2.19. The number of nitrogens with zero attached hydrogens (tertiary/aromatic N) is 3. The van der Waals surface area contributed by atoms with E-state index in [2.05, 4.69) is 43.1 Å². The molecule has 0 aliphatic heterocycles. The number of carbonyl (C=O) groups excluding carboxylic acids is 1. The number of carbonyl (C=O) groups is 1. The number of hydrogen-bond donors (Lipinski definition) is 0. The average Bonchev–Trinajstić information content (AvgIpc) is 3.21. The van der Waals surface area contributed by atoms with Crippen molar-refractivity contribution in [1.82, 2.24) is 9.97 Å². The van der Waals surface area contributed by atoms with Gasteiger partial charge >= 0.3 is 0 Å². The molecule has 0 aliphatic rings. The van der Waals surface area contributed by atoms with Crippen molar-refractivity contribution >= 4 is 32.6 Å². The Hall–Kier alpha value is -3.05. The molecule has 1 amide bonds. The van der Waals surface area contributed by atoms with Crippen LogP contribution in [0.4, 0.5) is 5.13 Å². The quantitative estimate of drug-likeness (QED) is 0.430. The molecule has 0 bridgehead atoms. The van der Waals surface area contributed by atoms with E-state index in [1.807, 2.05) is 36.4 Å². The van der Waals surface area contributed by atoms with E-state index in [-0.39, 0.29) is 5.91 Å². The van der Waals surface area contributed by atoms with Crippen molar-refractivity contribution in [2.75, 3.05) is 4.90 Å². The summed E-state index contributed by atoms with van der Waals surface area (Å²) in [6, 6.07) is 20.1. The van der Waals surface area contributed by atoms with Crippen molar-refractivity contribution in [2.24, 2.45) is 0 Å². The zero-order valence-corrected chi connectivity index (χ0v) is 17.4. The van der Waals surface area contributed by atoms with Crippen LogP contribution in [0.5, 0.6) is 0 Å². The molecule has 4 nitrogen and oxygen atoms in total. The van der Waals surface area contributed by atoms with Crippen molar-refractivity contribution in [2.45, 2.75) is 33.2 Å². The zero-order valence-electron chi connectivity index (χ0n) is 16.6. The summed E-state index contributed by atoms with van der Waals surface area (Å²) in [5.41, 5.74) is 5.31. The first-order valence-corrected chi connectivity index (χ1v) is 10.5. The van der Waals surface area contributed by atoms with E-state index < -0.39 is 0 Å². The summed E-state index contributed by atoms with van der Waals surface area (Å²) in [4.78, 5) is 24.3. The number of rotatable bonds is 6. The lowest BCUT2D eigenvalue weighted by molar-refractivity contribution is -0.118. The average molecular weight is 402 g/mol. The van der Waals surface area contributed by atoms with Gasteiger partial charge < -0.3 is 0 Å². The van der Waals surface area contributed by atoms with Crippen LogP contribution in [-0.4, -0.2) is 15.9 Å². The van der Waals surface area contributed by atoms with Gasteiger partial charge in [0.05, 0.1) is 22.5 Å². The summed E-state index contributed by atoms with van der Waals surface area (Å²) in [6.45, 7) is 4.57. The molecule has 0 radical (unpaired) electrons. The maximum absolute atomic E-state index is 13.2. The lowest BCUT2D eigenvalue weighted by atomic mass is 10.1. The molecule has 5 heteroatoms. The summed E-state index contributed by atoms with van der Waals surface area (Å²) in [5.74, 6) is 0.0638. The number of amides is 1. The molecule has 4 aromatic rings. The van der Waals surface area contributed by atoms with Crippen LogP contribution in [0, 0.1) is 13.8 Å². The van der Waals surface area contributed by atoms with Crippen molar-refractivity contribution in [3.05, 3.63) is 89.2 Å². The minimum Gasteiger partial charge on any atom is -0.282 e. The van der Waals surface area contributed by atoms with Gasteiger partial charge in [-0.15, -0.1) is 0 Å². The van der Waals surface area contributed by atoms with E-state index >= 15 is 0 Å². The molecular weight excluding hydrogens is 378 g/mol. The monoisotopic (exact) mass is 401 g/mol. The zero-order chi connectivity index (χ0) is 20.2. The first-order valence-electron chi connectivity index (χ1n) is 9.73. The highest BCUT2D eigenvalue weighted by Gasteiger charge is 2.21. The van der Waals surface area contributed by atoms with Gasteiger partial charge in [-0.3, -0.25) is 14.7 Å². The van der Waals surface area contributed by atoms with Gasteiger partial charge in [0.1, 0.15) is 0 Å². The van der Waals surface area contributed by atoms with E-state index in [0.29, 0.717) is 19.4 Å². The van der Waals surface area contributed by atoms with Crippen molar-refractivity contribution in [3.8, 4) is 0 Å². The Labute approximate surface area is 174 Å². The number of pyridine rings is 1. The molecule has 0 unspecified atom stereocenters. The highest BCUT2D eigenvalue weighted by Crippen LogP contribution is 2.34. The molecule has 2 aromatic carbocycles. The Balaban J connectivity index is 1.65. The van der Waals surface area contributed by atoms with E-state index in [1.54, 1.807) is 22.4 Å². The van der Waals surface area contributed by atoms with E-state index in [1.165, 1.54) is 5.56 Å². The number of hydrogen-bond acceptors (Lipinski definition) is 4. The Morgan fingerprint density at radius 3 is 2.45 bits per heavy atom. The third kappa shape index (κ3) is 4.35. The second-order valence-corrected chi connectivity index (χ2v) is 8.14. The minimum atomic E-state index is 0.0638. The standard InChI is InChI=1S/C24H23N3OS/c1-17-11-12-18(2)23-22(17)26-24(29-23)27(16-20-10-6-7-15-25-20)21(28)14-13-19-8-4-3-5-9-19/h3-12,15H,13-14,16H2,1-2H3. The van der Waals surface area contributed by atoms with Gasteiger partial charge in [-0.1, -0.05) is 59.9 Å². The Bertz CT molecular complexity index is 1080. The fraction of sp³-hybridized carbons (Fsp3) is 0.208. The SMILES string of the molecule is Cc1ccc(C)c2sc(N(Cc3ccccn3)C(=O)CCc3ccccc3)nc12. The number of anilines is 1. The topological polar surface area (TPSA) is 46.1 Å². The van der Waals surface area contributed by atoms with Crippen LogP contribution in [0.3, 0.4) is 0 Å². The highest BCUT2D eigenvalue weighted by atomic mass is 32.1. The second-order valence-electron chi connectivity index (χ2n) is 7.16. The van der Waals surface area contributed by atoms with Crippen LogP contribution in [0.2, 0.25) is 0 Å². The molecule has 0 spiro atoms. The molecule has 0 atom stereocenters. The molecule has 0 N–H and O–H groups in total. The summed E-state index contributed by atoms with van der Waals surface area (Å²) in [5, 5.41) is 0.737. The molecule has 0 aliphatic carbocycles. The first kappa shape index (κ1) is 19.3. The van der Waals surface area contributed by atoms with E-state index in [0.717, 1.165) is 32.2 Å². The first-order chi connectivity index (χ1) is 14.1. The molecule has 4 rings (SSSR count). The molecule has 0 saturated heterocycles. The Morgan fingerprint density at radius 1 is 0.966 bits per heavy atom. The highest BCUT2D eigenvalue weighted by molar-refractivity contribution is 7.22. The van der Waals surface area contributed by atoms with Crippen LogP contribution in [0.15, 0.2) is 66.9 Å². The van der Waals surface area contributed by atoms with Crippen LogP contribution < -0.4 is 4.90 Å². The van der Waals surface area contributed by atoms with Gasteiger partial charge in [0, 0.05) is 12.6 Å². The predicted molar refractivity (Wildman–Crippen MR) is 119 cm³/mol. The fourth-order valence-electron chi connectivity index (χ4n) is 3.31. The number of aryl methyl sites for hydroxylation is 3. The van der Waals surface area contributed by atoms with Crippen molar-refractivity contribution < 1.29 is 4.79 Å². The normalized spacial score (nSPS) is 11.0. The molecule has 146 valence electrons. The molecule has 0 saturated carbocycles. The van der Waals surface area contributed by atoms with Gasteiger partial charge in [-0.25, -0.2) is 4.98 Å². The van der Waals surface area contributed by atoms with Gasteiger partial charge in [0.25, 0.3) is 0 Å². The lowest BCUT2D eigenvalue weighted by Crippen LogP contribution is -2.30. The summed E-state index contributed by atoms with van der Waals surface area (Å²) in [6.07, 6.45) is 2.90. The molecular formula is C24H23N3OS. The maximum atomic E-state index is 13.2. The predicted octanol–water partition coefficient (Wildman–Crippen LogP) is 5.47. The third-order valence-corrected chi connectivity index (χ3v) is 6.19. The second kappa shape index (κ2) is 8.53. The van der Waals surface area contributed by atoms with E-state index in [9.17, 15) is 4.79 Å².